The number of esters is 2. The highest BCUT2D eigenvalue weighted by Crippen LogP contribution is 2.44. The monoisotopic (exact) mass is 568 g/mol. The second-order valence-electron chi connectivity index (χ2n) is 11.7. The Morgan fingerprint density at radius 3 is 2.58 bits per heavy atom. The lowest BCUT2D eigenvalue weighted by Gasteiger charge is -2.43. The second kappa shape index (κ2) is 13.4. The number of carbonyl (C=O) groups excluding carboxylic acids is 2. The Bertz CT molecular complexity index is 948. The number of hydrogen-bond acceptors (Lipinski definition) is 11. The predicted octanol–water partition coefficient (Wildman–Crippen LogP) is 0.745. The fraction of sp³-hybridized carbons (Fsp3) is 0.793. The quantitative estimate of drug-likeness (QED) is 0.248. The Hall–Kier alpha value is -1.86. The van der Waals surface area contributed by atoms with E-state index in [4.69, 9.17) is 18.9 Å². The summed E-state index contributed by atoms with van der Waals surface area (Å²) in [7, 11) is 0. The van der Waals surface area contributed by atoms with E-state index < -0.39 is 67.7 Å². The number of hydrogen-bond donors (Lipinski definition) is 5. The lowest BCUT2D eigenvalue weighted by atomic mass is 9.66. The molecule has 9 unspecified atom stereocenters. The van der Waals surface area contributed by atoms with Gasteiger partial charge in [0, 0.05) is 18.8 Å². The zero-order valence-electron chi connectivity index (χ0n) is 23.4. The van der Waals surface area contributed by atoms with Crippen LogP contribution in [0.15, 0.2) is 23.8 Å². The lowest BCUT2D eigenvalue weighted by Crippen LogP contribution is -2.60. The summed E-state index contributed by atoms with van der Waals surface area (Å²) in [5.74, 6) is -0.785. The molecule has 4 aliphatic rings. The number of rotatable bonds is 9. The molecular formula is C29H44O11. The van der Waals surface area contributed by atoms with Crippen molar-refractivity contribution in [3.05, 3.63) is 23.8 Å². The van der Waals surface area contributed by atoms with Crippen LogP contribution in [-0.2, 0) is 28.5 Å². The summed E-state index contributed by atoms with van der Waals surface area (Å²) in [6.07, 6.45) is -0.885. The summed E-state index contributed by atoms with van der Waals surface area (Å²) in [5.41, 5.74) is 0.952. The van der Waals surface area contributed by atoms with Crippen molar-refractivity contribution in [2.45, 2.75) is 114 Å². The molecule has 11 heteroatoms. The van der Waals surface area contributed by atoms with Crippen LogP contribution in [0.5, 0.6) is 0 Å². The summed E-state index contributed by atoms with van der Waals surface area (Å²) >= 11 is 0. The van der Waals surface area contributed by atoms with Crippen molar-refractivity contribution in [3.8, 4) is 0 Å². The van der Waals surface area contributed by atoms with Crippen LogP contribution in [0, 0.1) is 23.7 Å². The van der Waals surface area contributed by atoms with E-state index in [1.54, 1.807) is 0 Å². The molecule has 2 aliphatic heterocycles. The third-order valence-corrected chi connectivity index (χ3v) is 8.87. The van der Waals surface area contributed by atoms with Crippen LogP contribution in [-0.4, -0.2) is 99.2 Å². The molecule has 0 amide bonds. The fourth-order valence-electron chi connectivity index (χ4n) is 6.29. The molecule has 4 rings (SSSR count). The summed E-state index contributed by atoms with van der Waals surface area (Å²) in [4.78, 5) is 25.1. The normalized spacial score (nSPS) is 42.4. The largest absolute Gasteiger partial charge is 0.462 e. The van der Waals surface area contributed by atoms with Crippen molar-refractivity contribution >= 4 is 11.9 Å². The minimum absolute atomic E-state index is 0.0604. The predicted molar refractivity (Wildman–Crippen MR) is 140 cm³/mol. The standard InChI is InChI=1S/C29H44O11/c1-4-14(2)28(36)39-21-10-17(31)9-16-6-5-15(3)20(24(16)21)8-7-18-11-19(12-23(32)37-18)38-29-27(35)26(34)25(33)22(13-30)40-29/h5-6,9,14-15,17-22,24-27,29-31,33-35H,4,7-8,10-13H2,1-3H3/t14?,15?,17?,18?,19?,20?,21?,22-,24?,25+,26+,27-,29?/m1/s1. The molecule has 0 radical (unpaired) electrons. The number of aliphatic hydroxyl groups is 5. The van der Waals surface area contributed by atoms with E-state index in [9.17, 15) is 35.1 Å². The number of fused-ring (bicyclic) bond motifs is 1. The van der Waals surface area contributed by atoms with Gasteiger partial charge in [-0.3, -0.25) is 9.59 Å². The molecular weight excluding hydrogens is 524 g/mol. The Morgan fingerprint density at radius 2 is 1.88 bits per heavy atom. The van der Waals surface area contributed by atoms with Gasteiger partial charge in [-0.1, -0.05) is 39.0 Å². The SMILES string of the molecule is CCC(C)C(=O)OC1CC(O)C=C2C=CC(C)C(CCC3CC(OC4O[C@H](CO)[C@H](O)[C@H](O)[C@H]4O)CC(=O)O3)C21. The van der Waals surface area contributed by atoms with Gasteiger partial charge in [-0.15, -0.1) is 0 Å². The third-order valence-electron chi connectivity index (χ3n) is 8.87. The molecule has 2 heterocycles. The zero-order valence-corrected chi connectivity index (χ0v) is 23.4. The van der Waals surface area contributed by atoms with Crippen LogP contribution < -0.4 is 0 Å². The van der Waals surface area contributed by atoms with E-state index in [1.807, 2.05) is 26.0 Å². The highest BCUT2D eigenvalue weighted by molar-refractivity contribution is 5.72. The van der Waals surface area contributed by atoms with E-state index in [0.29, 0.717) is 32.1 Å². The van der Waals surface area contributed by atoms with Crippen molar-refractivity contribution in [3.63, 3.8) is 0 Å². The smallest absolute Gasteiger partial charge is 0.308 e. The molecule has 0 bridgehead atoms. The maximum Gasteiger partial charge on any atom is 0.308 e. The minimum Gasteiger partial charge on any atom is -0.462 e. The van der Waals surface area contributed by atoms with Gasteiger partial charge in [0.05, 0.1) is 31.2 Å². The van der Waals surface area contributed by atoms with Gasteiger partial charge < -0.3 is 44.5 Å². The first-order valence-electron chi connectivity index (χ1n) is 14.5. The van der Waals surface area contributed by atoms with Gasteiger partial charge in [0.2, 0.25) is 0 Å². The number of carbonyl (C=O) groups is 2. The Labute approximate surface area is 234 Å². The first-order valence-corrected chi connectivity index (χ1v) is 14.5. The number of cyclic esters (lactones) is 1. The first-order chi connectivity index (χ1) is 19.0. The molecule has 0 aromatic heterocycles. The number of ether oxygens (including phenoxy) is 4. The van der Waals surface area contributed by atoms with Crippen LogP contribution >= 0.6 is 0 Å². The molecule has 0 spiro atoms. The van der Waals surface area contributed by atoms with Gasteiger partial charge >= 0.3 is 11.9 Å². The topological polar surface area (TPSA) is 172 Å². The molecule has 40 heavy (non-hydrogen) atoms. The van der Waals surface area contributed by atoms with Crippen molar-refractivity contribution in [1.29, 1.82) is 0 Å². The van der Waals surface area contributed by atoms with Crippen LogP contribution in [0.25, 0.3) is 0 Å². The summed E-state index contributed by atoms with van der Waals surface area (Å²) < 4.78 is 22.9. The molecule has 0 saturated carbocycles. The molecule has 2 saturated heterocycles. The van der Waals surface area contributed by atoms with E-state index >= 15 is 0 Å². The van der Waals surface area contributed by atoms with Gasteiger partial charge in [-0.25, -0.2) is 0 Å². The minimum atomic E-state index is -1.57. The van der Waals surface area contributed by atoms with Crippen LogP contribution in [0.2, 0.25) is 0 Å². The highest BCUT2D eigenvalue weighted by atomic mass is 16.7. The van der Waals surface area contributed by atoms with E-state index in [1.165, 1.54) is 0 Å². The van der Waals surface area contributed by atoms with E-state index in [2.05, 4.69) is 13.0 Å². The maximum atomic E-state index is 12.7. The zero-order chi connectivity index (χ0) is 29.1. The average molecular weight is 569 g/mol. The summed E-state index contributed by atoms with van der Waals surface area (Å²) in [6, 6.07) is 0. The van der Waals surface area contributed by atoms with Crippen LogP contribution in [0.3, 0.4) is 0 Å². The molecule has 0 aromatic rings. The fourth-order valence-corrected chi connectivity index (χ4v) is 6.29. The highest BCUT2D eigenvalue weighted by Gasteiger charge is 2.46. The Kier molecular flexibility index (Phi) is 10.4. The number of aliphatic hydroxyl groups excluding tert-OH is 5. The summed E-state index contributed by atoms with van der Waals surface area (Å²) in [6.45, 7) is 5.30. The van der Waals surface area contributed by atoms with E-state index in [-0.39, 0.29) is 36.1 Å². The average Bonchev–Trinajstić information content (AvgIpc) is 2.92. The van der Waals surface area contributed by atoms with Crippen molar-refractivity contribution in [2.24, 2.45) is 23.7 Å². The van der Waals surface area contributed by atoms with Crippen LogP contribution in [0.4, 0.5) is 0 Å². The molecule has 226 valence electrons. The maximum absolute atomic E-state index is 12.7. The van der Waals surface area contributed by atoms with E-state index in [0.717, 1.165) is 5.57 Å². The van der Waals surface area contributed by atoms with Gasteiger partial charge in [0.1, 0.15) is 36.6 Å². The van der Waals surface area contributed by atoms with Gasteiger partial charge in [0.15, 0.2) is 6.29 Å². The molecule has 13 atom stereocenters. The van der Waals surface area contributed by atoms with Gasteiger partial charge in [0.25, 0.3) is 0 Å². The molecule has 5 N–H and O–H groups in total. The van der Waals surface area contributed by atoms with Gasteiger partial charge in [-0.05, 0) is 36.7 Å². The molecule has 0 aromatic carbocycles. The van der Waals surface area contributed by atoms with Crippen molar-refractivity contribution in [1.82, 2.24) is 0 Å². The molecule has 2 fully saturated rings. The van der Waals surface area contributed by atoms with Crippen LogP contribution in [0.1, 0.15) is 59.3 Å². The Morgan fingerprint density at radius 1 is 1.12 bits per heavy atom. The summed E-state index contributed by atoms with van der Waals surface area (Å²) in [5, 5.41) is 50.3. The Balaban J connectivity index is 1.41. The second-order valence-corrected chi connectivity index (χ2v) is 11.7. The molecule has 11 nitrogen and oxygen atoms in total. The molecule has 2 aliphatic carbocycles. The van der Waals surface area contributed by atoms with Gasteiger partial charge in [-0.2, -0.15) is 0 Å². The lowest BCUT2D eigenvalue weighted by molar-refractivity contribution is -0.314. The van der Waals surface area contributed by atoms with Crippen molar-refractivity contribution in [2.75, 3.05) is 6.61 Å². The third kappa shape index (κ3) is 6.95. The number of allylic oxidation sites excluding steroid dienone is 2. The van der Waals surface area contributed by atoms with Crippen molar-refractivity contribution < 1.29 is 54.1 Å². The first kappa shape index (κ1) is 31.1.